The average molecular weight is 428 g/mol. The zero-order valence-corrected chi connectivity index (χ0v) is 18.2. The monoisotopic (exact) mass is 427 g/mol. The van der Waals surface area contributed by atoms with Crippen molar-refractivity contribution in [2.24, 2.45) is 0 Å². The summed E-state index contributed by atoms with van der Waals surface area (Å²) in [5, 5.41) is 4.91. The number of fused-ring (bicyclic) bond motifs is 1. The molecular formula is C23H29N3O3S. The van der Waals surface area contributed by atoms with Crippen LogP contribution in [0.1, 0.15) is 29.8 Å². The molecule has 1 aromatic heterocycles. The molecule has 1 atom stereocenters. The third-order valence-electron chi connectivity index (χ3n) is 5.06. The van der Waals surface area contributed by atoms with Crippen LogP contribution in [0.5, 0.6) is 5.75 Å². The Balaban J connectivity index is 1.73. The SMILES string of the molecule is C=CCN(CC(=O)N1CCc2sccc2[C@@H]1COc1ccccc1)C(=O)NCCC. The van der Waals surface area contributed by atoms with Crippen molar-refractivity contribution in [3.63, 3.8) is 0 Å². The lowest BCUT2D eigenvalue weighted by Gasteiger charge is -2.37. The number of nitrogens with one attached hydrogen (secondary N) is 1. The number of ether oxygens (including phenoxy) is 1. The largest absolute Gasteiger partial charge is 0.491 e. The maximum Gasteiger partial charge on any atom is 0.318 e. The van der Waals surface area contributed by atoms with Crippen LogP contribution in [0.15, 0.2) is 54.4 Å². The van der Waals surface area contributed by atoms with Gasteiger partial charge in [-0.1, -0.05) is 31.2 Å². The van der Waals surface area contributed by atoms with Gasteiger partial charge in [-0.25, -0.2) is 4.79 Å². The summed E-state index contributed by atoms with van der Waals surface area (Å²) in [7, 11) is 0. The molecule has 2 heterocycles. The smallest absolute Gasteiger partial charge is 0.318 e. The highest BCUT2D eigenvalue weighted by Gasteiger charge is 2.33. The molecule has 2 aromatic rings. The third kappa shape index (κ3) is 5.42. The first-order valence-corrected chi connectivity index (χ1v) is 11.2. The van der Waals surface area contributed by atoms with Gasteiger partial charge in [-0.05, 0) is 42.0 Å². The van der Waals surface area contributed by atoms with Crippen molar-refractivity contribution < 1.29 is 14.3 Å². The van der Waals surface area contributed by atoms with Gasteiger partial charge in [0.15, 0.2) is 0 Å². The van der Waals surface area contributed by atoms with Gasteiger partial charge in [0.05, 0.1) is 6.04 Å². The molecule has 6 nitrogen and oxygen atoms in total. The molecule has 1 N–H and O–H groups in total. The van der Waals surface area contributed by atoms with Crippen LogP contribution in [0.3, 0.4) is 0 Å². The van der Waals surface area contributed by atoms with Crippen LogP contribution in [-0.2, 0) is 11.2 Å². The molecule has 0 saturated heterocycles. The minimum absolute atomic E-state index is 0.0167. The highest BCUT2D eigenvalue weighted by molar-refractivity contribution is 7.10. The third-order valence-corrected chi connectivity index (χ3v) is 6.05. The number of hydrogen-bond donors (Lipinski definition) is 1. The minimum atomic E-state index is -0.240. The van der Waals surface area contributed by atoms with E-state index < -0.39 is 0 Å². The van der Waals surface area contributed by atoms with Gasteiger partial charge in [-0.2, -0.15) is 0 Å². The van der Waals surface area contributed by atoms with E-state index >= 15 is 0 Å². The highest BCUT2D eigenvalue weighted by atomic mass is 32.1. The van der Waals surface area contributed by atoms with Crippen molar-refractivity contribution in [3.05, 3.63) is 64.9 Å². The van der Waals surface area contributed by atoms with Gasteiger partial charge in [-0.15, -0.1) is 17.9 Å². The van der Waals surface area contributed by atoms with Gasteiger partial charge in [0, 0.05) is 24.5 Å². The first-order chi connectivity index (χ1) is 14.6. The zero-order valence-electron chi connectivity index (χ0n) is 17.4. The van der Waals surface area contributed by atoms with Crippen molar-refractivity contribution in [3.8, 4) is 5.75 Å². The number of nitrogens with zero attached hydrogens (tertiary/aromatic N) is 2. The molecule has 3 amide bonds. The Labute approximate surface area is 182 Å². The standard InChI is InChI=1S/C23H29N3O3S/c1-3-12-24-23(28)25(13-4-2)16-22(27)26-14-10-21-19(11-15-30-21)20(26)17-29-18-8-6-5-7-9-18/h4-9,11,15,20H,2-3,10,12-14,16-17H2,1H3,(H,24,28)/t20-/m0/s1. The van der Waals surface area contributed by atoms with E-state index in [1.807, 2.05) is 42.2 Å². The van der Waals surface area contributed by atoms with Gasteiger partial charge in [0.1, 0.15) is 18.9 Å². The number of carbonyl (C=O) groups excluding carboxylic acids is 2. The topological polar surface area (TPSA) is 61.9 Å². The van der Waals surface area contributed by atoms with Crippen molar-refractivity contribution in [2.75, 3.05) is 32.8 Å². The van der Waals surface area contributed by atoms with E-state index in [1.54, 1.807) is 17.4 Å². The van der Waals surface area contributed by atoms with Crippen LogP contribution >= 0.6 is 11.3 Å². The Morgan fingerprint density at radius 1 is 1.33 bits per heavy atom. The summed E-state index contributed by atoms with van der Waals surface area (Å²) in [6.07, 6.45) is 3.31. The Morgan fingerprint density at radius 3 is 2.87 bits per heavy atom. The van der Waals surface area contributed by atoms with Gasteiger partial charge >= 0.3 is 6.03 Å². The lowest BCUT2D eigenvalue weighted by Crippen LogP contribution is -2.50. The number of amides is 3. The number of carbonyl (C=O) groups is 2. The summed E-state index contributed by atoms with van der Waals surface area (Å²) >= 11 is 1.72. The number of urea groups is 1. The lowest BCUT2D eigenvalue weighted by molar-refractivity contribution is -0.135. The molecule has 0 aliphatic carbocycles. The fourth-order valence-corrected chi connectivity index (χ4v) is 4.47. The maximum atomic E-state index is 13.2. The first kappa shape index (κ1) is 21.9. The van der Waals surface area contributed by atoms with Crippen LogP contribution in [-0.4, -0.2) is 54.5 Å². The lowest BCUT2D eigenvalue weighted by atomic mass is 10.0. The van der Waals surface area contributed by atoms with Gasteiger partial charge in [0.25, 0.3) is 0 Å². The van der Waals surface area contributed by atoms with Crippen LogP contribution in [0.25, 0.3) is 0 Å². The Bertz CT molecular complexity index is 852. The molecule has 7 heteroatoms. The van der Waals surface area contributed by atoms with Crippen molar-refractivity contribution in [1.29, 1.82) is 0 Å². The van der Waals surface area contributed by atoms with E-state index in [0.29, 0.717) is 26.2 Å². The number of rotatable bonds is 9. The molecule has 0 saturated carbocycles. The number of thiophene rings is 1. The minimum Gasteiger partial charge on any atom is -0.491 e. The van der Waals surface area contributed by atoms with E-state index in [1.165, 1.54) is 9.78 Å². The summed E-state index contributed by atoms with van der Waals surface area (Å²) in [4.78, 5) is 30.3. The summed E-state index contributed by atoms with van der Waals surface area (Å²) in [5.74, 6) is 0.696. The van der Waals surface area contributed by atoms with Crippen molar-refractivity contribution in [1.82, 2.24) is 15.1 Å². The molecule has 1 aliphatic heterocycles. The normalized spacial score (nSPS) is 15.2. The molecule has 30 heavy (non-hydrogen) atoms. The van der Waals surface area contributed by atoms with E-state index in [4.69, 9.17) is 4.74 Å². The second-order valence-electron chi connectivity index (χ2n) is 7.18. The average Bonchev–Trinajstić information content (AvgIpc) is 3.25. The Morgan fingerprint density at radius 2 is 2.13 bits per heavy atom. The molecule has 0 radical (unpaired) electrons. The van der Waals surface area contributed by atoms with Crippen LogP contribution in [0, 0.1) is 0 Å². The Hall–Kier alpha value is -2.80. The van der Waals surface area contributed by atoms with Crippen LogP contribution in [0.2, 0.25) is 0 Å². The molecule has 3 rings (SSSR count). The molecule has 1 aliphatic rings. The van der Waals surface area contributed by atoms with E-state index in [2.05, 4.69) is 23.3 Å². The highest BCUT2D eigenvalue weighted by Crippen LogP contribution is 2.34. The molecule has 0 bridgehead atoms. The number of benzene rings is 1. The van der Waals surface area contributed by atoms with Crippen molar-refractivity contribution in [2.45, 2.75) is 25.8 Å². The van der Waals surface area contributed by atoms with Gasteiger partial charge in [-0.3, -0.25) is 4.79 Å². The quantitative estimate of drug-likeness (QED) is 0.618. The van der Waals surface area contributed by atoms with E-state index in [-0.39, 0.29) is 24.5 Å². The summed E-state index contributed by atoms with van der Waals surface area (Å²) < 4.78 is 6.01. The molecule has 0 unspecified atom stereocenters. The van der Waals surface area contributed by atoms with Gasteiger partial charge in [0.2, 0.25) is 5.91 Å². The summed E-state index contributed by atoms with van der Waals surface area (Å²) in [6.45, 7) is 7.63. The van der Waals surface area contributed by atoms with Crippen LogP contribution < -0.4 is 10.1 Å². The van der Waals surface area contributed by atoms with Crippen molar-refractivity contribution >= 4 is 23.3 Å². The summed E-state index contributed by atoms with van der Waals surface area (Å²) in [6, 6.07) is 11.3. The zero-order chi connectivity index (χ0) is 21.3. The second kappa shape index (κ2) is 10.8. The van der Waals surface area contributed by atoms with E-state index in [0.717, 1.165) is 24.2 Å². The van der Waals surface area contributed by atoms with Crippen LogP contribution in [0.4, 0.5) is 4.79 Å². The molecule has 1 aromatic carbocycles. The maximum absolute atomic E-state index is 13.2. The molecule has 160 valence electrons. The van der Waals surface area contributed by atoms with E-state index in [9.17, 15) is 9.59 Å². The predicted octanol–water partition coefficient (Wildman–Crippen LogP) is 3.86. The molecule has 0 spiro atoms. The second-order valence-corrected chi connectivity index (χ2v) is 8.18. The molecular weight excluding hydrogens is 398 g/mol. The number of hydrogen-bond acceptors (Lipinski definition) is 4. The predicted molar refractivity (Wildman–Crippen MR) is 120 cm³/mol. The summed E-state index contributed by atoms with van der Waals surface area (Å²) in [5.41, 5.74) is 1.14. The Kier molecular flexibility index (Phi) is 7.90. The first-order valence-electron chi connectivity index (χ1n) is 10.3. The fraction of sp³-hybridized carbons (Fsp3) is 0.391. The molecule has 0 fully saturated rings. The fourth-order valence-electron chi connectivity index (χ4n) is 3.54. The van der Waals surface area contributed by atoms with Gasteiger partial charge < -0.3 is 19.9 Å². The number of para-hydroxylation sites is 1.